The highest BCUT2D eigenvalue weighted by atomic mass is 16.3. The number of rotatable bonds is 3. The summed E-state index contributed by atoms with van der Waals surface area (Å²) in [6.45, 7) is 0. The molecule has 0 aliphatic carbocycles. The Bertz CT molecular complexity index is 2040. The zero-order chi connectivity index (χ0) is 24.9. The van der Waals surface area contributed by atoms with Crippen LogP contribution in [0, 0.1) is 0 Å². The molecule has 0 aliphatic rings. The van der Waals surface area contributed by atoms with Crippen LogP contribution >= 0.6 is 0 Å². The normalized spacial score (nSPS) is 11.5. The molecule has 5 aromatic carbocycles. The summed E-state index contributed by atoms with van der Waals surface area (Å²) in [5.41, 5.74) is 3.84. The lowest BCUT2D eigenvalue weighted by atomic mass is 10.1. The molecule has 7 aromatic rings. The van der Waals surface area contributed by atoms with Crippen LogP contribution in [0.15, 0.2) is 134 Å². The van der Waals surface area contributed by atoms with Crippen LogP contribution < -0.4 is 15.8 Å². The molecule has 5 nitrogen and oxygen atoms in total. The van der Waals surface area contributed by atoms with Crippen molar-refractivity contribution in [2.24, 2.45) is 0 Å². The van der Waals surface area contributed by atoms with Crippen molar-refractivity contribution in [2.45, 2.75) is 0 Å². The van der Waals surface area contributed by atoms with Gasteiger partial charge in [-0.3, -0.25) is 9.59 Å². The molecule has 0 N–H and O–H groups in total. The first-order valence-corrected chi connectivity index (χ1v) is 11.9. The van der Waals surface area contributed by atoms with Crippen molar-refractivity contribution in [1.82, 2.24) is 0 Å². The molecule has 5 heteroatoms. The van der Waals surface area contributed by atoms with E-state index in [1.807, 2.05) is 78.9 Å². The average molecular weight is 482 g/mol. The summed E-state index contributed by atoms with van der Waals surface area (Å²) in [6.07, 6.45) is 0. The smallest absolute Gasteiger partial charge is 0.200 e. The van der Waals surface area contributed by atoms with Crippen LogP contribution in [0.1, 0.15) is 0 Å². The molecule has 0 bridgehead atoms. The molecule has 0 unspecified atom stereocenters. The molecular weight excluding hydrogens is 462 g/mol. The van der Waals surface area contributed by atoms with E-state index in [1.165, 1.54) is 0 Å². The third-order valence-electron chi connectivity index (χ3n) is 6.64. The maximum absolute atomic E-state index is 13.7. The zero-order valence-corrected chi connectivity index (χ0v) is 19.5. The van der Waals surface area contributed by atoms with Gasteiger partial charge in [0, 0.05) is 11.4 Å². The highest BCUT2D eigenvalue weighted by molar-refractivity contribution is 6.03. The Labute approximate surface area is 210 Å². The molecular formula is C32H19NO4. The van der Waals surface area contributed by atoms with Gasteiger partial charge in [-0.05, 0) is 60.7 Å². The number of anilines is 3. The molecule has 0 fully saturated rings. The molecule has 0 aliphatic heterocycles. The second-order valence-electron chi connectivity index (χ2n) is 8.86. The van der Waals surface area contributed by atoms with Crippen LogP contribution in [0.5, 0.6) is 0 Å². The van der Waals surface area contributed by atoms with Crippen molar-refractivity contribution in [1.29, 1.82) is 0 Å². The maximum atomic E-state index is 13.7. The topological polar surface area (TPSA) is 63.7 Å². The Balaban J connectivity index is 1.56. The Morgan fingerprint density at radius 2 is 1.00 bits per heavy atom. The van der Waals surface area contributed by atoms with E-state index in [2.05, 4.69) is 4.90 Å². The molecule has 176 valence electrons. The second kappa shape index (κ2) is 8.21. The largest absolute Gasteiger partial charge is 0.456 e. The molecule has 0 atom stereocenters. The highest BCUT2D eigenvalue weighted by Crippen LogP contribution is 2.39. The molecule has 0 radical (unpaired) electrons. The van der Waals surface area contributed by atoms with Crippen LogP contribution in [-0.4, -0.2) is 0 Å². The summed E-state index contributed by atoms with van der Waals surface area (Å²) < 4.78 is 12.4. The van der Waals surface area contributed by atoms with Crippen LogP contribution in [0.25, 0.3) is 43.9 Å². The van der Waals surface area contributed by atoms with Crippen LogP contribution in [0.4, 0.5) is 17.1 Å². The van der Waals surface area contributed by atoms with Crippen molar-refractivity contribution in [2.75, 3.05) is 4.90 Å². The average Bonchev–Trinajstić information content (AvgIpc) is 2.95. The molecule has 0 saturated carbocycles. The Morgan fingerprint density at radius 3 is 1.68 bits per heavy atom. The lowest BCUT2D eigenvalue weighted by Gasteiger charge is -2.25. The van der Waals surface area contributed by atoms with E-state index >= 15 is 0 Å². The standard InChI is InChI=1S/C32H19NO4/c34-30-22-14-7-8-17-27(22)36-28-18-25-29(19-24(28)30)37-32-23(31(25)35)15-9-16-26(32)33(20-10-3-1-4-11-20)21-12-5-2-6-13-21/h1-19H. The lowest BCUT2D eigenvalue weighted by molar-refractivity contribution is 0.652. The van der Waals surface area contributed by atoms with Crippen molar-refractivity contribution in [3.05, 3.63) is 136 Å². The van der Waals surface area contributed by atoms with Crippen molar-refractivity contribution < 1.29 is 8.83 Å². The SMILES string of the molecule is O=c1c2ccccc2oc2cc3c(=O)c4cccc(N(c5ccccc5)c5ccccc5)c4oc3cc12. The Morgan fingerprint density at radius 1 is 0.459 bits per heavy atom. The van der Waals surface area contributed by atoms with Gasteiger partial charge in [-0.25, -0.2) is 0 Å². The summed E-state index contributed by atoms with van der Waals surface area (Å²) in [7, 11) is 0. The molecule has 0 saturated heterocycles. The first kappa shape index (κ1) is 21.1. The summed E-state index contributed by atoms with van der Waals surface area (Å²) >= 11 is 0. The Kier molecular flexibility index (Phi) is 4.69. The third-order valence-corrected chi connectivity index (χ3v) is 6.64. The Hall–Kier alpha value is -5.16. The van der Waals surface area contributed by atoms with Gasteiger partial charge in [-0.2, -0.15) is 0 Å². The monoisotopic (exact) mass is 481 g/mol. The summed E-state index contributed by atoms with van der Waals surface area (Å²) in [6, 6.07) is 35.7. The fourth-order valence-corrected chi connectivity index (χ4v) is 4.91. The number of fused-ring (bicyclic) bond motifs is 4. The van der Waals surface area contributed by atoms with Crippen molar-refractivity contribution >= 4 is 60.9 Å². The summed E-state index contributed by atoms with van der Waals surface area (Å²) in [5, 5.41) is 1.66. The van der Waals surface area contributed by atoms with Gasteiger partial charge >= 0.3 is 0 Å². The first-order valence-electron chi connectivity index (χ1n) is 11.9. The van der Waals surface area contributed by atoms with Gasteiger partial charge in [0.15, 0.2) is 5.58 Å². The van der Waals surface area contributed by atoms with E-state index in [1.54, 1.807) is 36.4 Å². The van der Waals surface area contributed by atoms with Gasteiger partial charge in [0.1, 0.15) is 16.7 Å². The van der Waals surface area contributed by atoms with Crippen LogP contribution in [0.3, 0.4) is 0 Å². The molecule has 37 heavy (non-hydrogen) atoms. The predicted molar refractivity (Wildman–Crippen MR) is 148 cm³/mol. The van der Waals surface area contributed by atoms with E-state index < -0.39 is 0 Å². The summed E-state index contributed by atoms with van der Waals surface area (Å²) in [4.78, 5) is 29.0. The fourth-order valence-electron chi connectivity index (χ4n) is 4.91. The van der Waals surface area contributed by atoms with Gasteiger partial charge < -0.3 is 13.7 Å². The number of hydrogen-bond acceptors (Lipinski definition) is 5. The molecule has 2 aromatic heterocycles. The number of hydrogen-bond donors (Lipinski definition) is 0. The van der Waals surface area contributed by atoms with E-state index in [4.69, 9.17) is 8.83 Å². The third kappa shape index (κ3) is 3.32. The van der Waals surface area contributed by atoms with Gasteiger partial charge in [0.2, 0.25) is 10.9 Å². The first-order chi connectivity index (χ1) is 18.2. The van der Waals surface area contributed by atoms with Gasteiger partial charge in [-0.1, -0.05) is 54.6 Å². The highest BCUT2D eigenvalue weighted by Gasteiger charge is 2.20. The molecule has 0 spiro atoms. The minimum atomic E-state index is -0.183. The quantitative estimate of drug-likeness (QED) is 0.242. The van der Waals surface area contributed by atoms with Gasteiger partial charge in [0.25, 0.3) is 0 Å². The molecule has 0 amide bonds. The number of nitrogens with zero attached hydrogens (tertiary/aromatic N) is 1. The zero-order valence-electron chi connectivity index (χ0n) is 19.5. The summed E-state index contributed by atoms with van der Waals surface area (Å²) in [5.74, 6) is 0. The lowest BCUT2D eigenvalue weighted by Crippen LogP contribution is -2.12. The van der Waals surface area contributed by atoms with Crippen LogP contribution in [-0.2, 0) is 0 Å². The van der Waals surface area contributed by atoms with Crippen molar-refractivity contribution in [3.8, 4) is 0 Å². The minimum Gasteiger partial charge on any atom is -0.456 e. The fraction of sp³-hybridized carbons (Fsp3) is 0. The van der Waals surface area contributed by atoms with E-state index in [9.17, 15) is 9.59 Å². The van der Waals surface area contributed by atoms with E-state index in [-0.39, 0.29) is 10.9 Å². The second-order valence-corrected chi connectivity index (χ2v) is 8.86. The van der Waals surface area contributed by atoms with Crippen molar-refractivity contribution in [3.63, 3.8) is 0 Å². The van der Waals surface area contributed by atoms with Gasteiger partial charge in [-0.15, -0.1) is 0 Å². The molecule has 7 rings (SSSR count). The maximum Gasteiger partial charge on any atom is 0.200 e. The van der Waals surface area contributed by atoms with E-state index in [0.29, 0.717) is 43.9 Å². The van der Waals surface area contributed by atoms with Gasteiger partial charge in [0.05, 0.1) is 27.2 Å². The van der Waals surface area contributed by atoms with E-state index in [0.717, 1.165) is 17.1 Å². The number of benzene rings is 5. The minimum absolute atomic E-state index is 0.162. The van der Waals surface area contributed by atoms with Crippen LogP contribution in [0.2, 0.25) is 0 Å². The molecule has 2 heterocycles. The number of para-hydroxylation sites is 4. The predicted octanol–water partition coefficient (Wildman–Crippen LogP) is 7.68.